The van der Waals surface area contributed by atoms with E-state index < -0.39 is 6.17 Å². The summed E-state index contributed by atoms with van der Waals surface area (Å²) in [6.07, 6.45) is -0.101. The molecule has 1 aliphatic heterocycles. The van der Waals surface area contributed by atoms with Gasteiger partial charge in [-0.1, -0.05) is 12.2 Å². The first-order chi connectivity index (χ1) is 4.20. The van der Waals surface area contributed by atoms with Gasteiger partial charge in [0.05, 0.1) is 6.54 Å². The fourth-order valence-corrected chi connectivity index (χ4v) is 1.24. The number of hydrogen-bond donors (Lipinski definition) is 1. The normalized spacial score (nSPS) is 24.2. The number of thiol groups is 1. The second kappa shape index (κ2) is 4.84. The van der Waals surface area contributed by atoms with Gasteiger partial charge in [0.2, 0.25) is 0 Å². The SMILES string of the molecule is F[C@H]1CCN(C(=S)S)C1.[BiH3]. The molecule has 1 rings (SSSR count). The topological polar surface area (TPSA) is 3.24 Å². The van der Waals surface area contributed by atoms with Crippen LogP contribution in [-0.2, 0) is 0 Å². The van der Waals surface area contributed by atoms with Crippen molar-refractivity contribution in [2.24, 2.45) is 0 Å². The Bertz CT molecular complexity index is 133. The molecule has 1 nitrogen and oxygen atoms in total. The van der Waals surface area contributed by atoms with E-state index in [-0.39, 0.29) is 26.2 Å². The van der Waals surface area contributed by atoms with Crippen molar-refractivity contribution in [2.45, 2.75) is 12.6 Å². The minimum atomic E-state index is -0.699. The van der Waals surface area contributed by atoms with Gasteiger partial charge in [-0.25, -0.2) is 4.39 Å². The zero-order chi connectivity index (χ0) is 6.85. The summed E-state index contributed by atoms with van der Waals surface area (Å²) in [5.74, 6) is 0. The van der Waals surface area contributed by atoms with Gasteiger partial charge in [0.1, 0.15) is 10.5 Å². The molecule has 1 fully saturated rings. The molecule has 0 aromatic rings. The van der Waals surface area contributed by atoms with Crippen molar-refractivity contribution in [3.8, 4) is 0 Å². The molecule has 60 valence electrons. The van der Waals surface area contributed by atoms with E-state index in [1.807, 2.05) is 0 Å². The molecular formula is C5H11BiFNS2. The molecule has 0 aromatic carbocycles. The van der Waals surface area contributed by atoms with Crippen LogP contribution in [0.4, 0.5) is 4.39 Å². The van der Waals surface area contributed by atoms with Crippen molar-refractivity contribution in [1.29, 1.82) is 0 Å². The molecule has 1 atom stereocenters. The van der Waals surface area contributed by atoms with Crippen LogP contribution in [-0.4, -0.2) is 54.7 Å². The number of rotatable bonds is 0. The molecule has 0 amide bonds. The van der Waals surface area contributed by atoms with Gasteiger partial charge in [-0.05, 0) is 6.42 Å². The summed E-state index contributed by atoms with van der Waals surface area (Å²) in [5, 5.41) is 0. The Morgan fingerprint density at radius 3 is 2.50 bits per heavy atom. The van der Waals surface area contributed by atoms with Gasteiger partial charge in [-0.15, -0.1) is 12.6 Å². The second-order valence-corrected chi connectivity index (χ2v) is 3.23. The van der Waals surface area contributed by atoms with E-state index in [0.717, 1.165) is 6.54 Å². The molecule has 1 aliphatic rings. The van der Waals surface area contributed by atoms with E-state index in [1.54, 1.807) is 4.90 Å². The Morgan fingerprint density at radius 1 is 1.70 bits per heavy atom. The first kappa shape index (κ1) is 11.1. The number of nitrogens with zero attached hydrogens (tertiary/aromatic N) is 1. The molecular weight excluding hydrogens is 366 g/mol. The maximum atomic E-state index is 12.4. The predicted octanol–water partition coefficient (Wildman–Crippen LogP) is 0.0610. The van der Waals surface area contributed by atoms with Gasteiger partial charge in [-0.3, -0.25) is 0 Å². The van der Waals surface area contributed by atoms with Crippen molar-refractivity contribution in [1.82, 2.24) is 4.90 Å². The van der Waals surface area contributed by atoms with Crippen LogP contribution in [0.25, 0.3) is 0 Å². The van der Waals surface area contributed by atoms with E-state index in [2.05, 4.69) is 12.6 Å². The van der Waals surface area contributed by atoms with E-state index in [1.165, 1.54) is 0 Å². The number of thiocarbonyl (C=S) groups is 1. The Morgan fingerprint density at radius 2 is 2.30 bits per heavy atom. The third kappa shape index (κ3) is 2.97. The van der Waals surface area contributed by atoms with E-state index in [0.29, 0.717) is 17.3 Å². The summed E-state index contributed by atoms with van der Waals surface area (Å²) in [7, 11) is 0. The fourth-order valence-electron chi connectivity index (χ4n) is 0.891. The monoisotopic (exact) mass is 377 g/mol. The van der Waals surface area contributed by atoms with Crippen LogP contribution in [0.2, 0.25) is 0 Å². The molecule has 0 saturated carbocycles. The van der Waals surface area contributed by atoms with Crippen LogP contribution < -0.4 is 0 Å². The van der Waals surface area contributed by atoms with Crippen LogP contribution in [0.3, 0.4) is 0 Å². The molecule has 5 heteroatoms. The Labute approximate surface area is 89.9 Å². The summed E-state index contributed by atoms with van der Waals surface area (Å²) < 4.78 is 12.9. The first-order valence-corrected chi connectivity index (χ1v) is 3.67. The summed E-state index contributed by atoms with van der Waals surface area (Å²) in [4.78, 5) is 1.77. The first-order valence-electron chi connectivity index (χ1n) is 2.82. The molecule has 0 aromatic heterocycles. The van der Waals surface area contributed by atoms with Gasteiger partial charge in [-0.2, -0.15) is 0 Å². The Hall–Kier alpha value is 1.05. The number of likely N-dealkylation sites (tertiary alicyclic amines) is 1. The average Bonchev–Trinajstić information content (AvgIpc) is 2.14. The van der Waals surface area contributed by atoms with Crippen molar-refractivity contribution < 1.29 is 4.39 Å². The van der Waals surface area contributed by atoms with Crippen LogP contribution in [0.1, 0.15) is 6.42 Å². The fraction of sp³-hybridized carbons (Fsp3) is 0.800. The minimum absolute atomic E-state index is 0. The van der Waals surface area contributed by atoms with Crippen LogP contribution in [0.5, 0.6) is 0 Å². The Balaban J connectivity index is 0.000000810. The third-order valence-electron chi connectivity index (χ3n) is 1.40. The molecule has 0 spiro atoms. The number of hydrogen-bond acceptors (Lipinski definition) is 1. The summed E-state index contributed by atoms with van der Waals surface area (Å²) in [5.41, 5.74) is 0. The number of alkyl halides is 1. The van der Waals surface area contributed by atoms with E-state index in [4.69, 9.17) is 12.2 Å². The number of halogens is 1. The van der Waals surface area contributed by atoms with Crippen molar-refractivity contribution in [3.63, 3.8) is 0 Å². The molecule has 0 radical (unpaired) electrons. The zero-order valence-corrected chi connectivity index (χ0v) is 12.8. The molecule has 0 bridgehead atoms. The molecule has 0 unspecified atom stereocenters. The van der Waals surface area contributed by atoms with E-state index in [9.17, 15) is 4.39 Å². The summed E-state index contributed by atoms with van der Waals surface area (Å²) in [6, 6.07) is 0. The second-order valence-electron chi connectivity index (χ2n) is 2.11. The average molecular weight is 377 g/mol. The van der Waals surface area contributed by atoms with Gasteiger partial charge in [0, 0.05) is 6.54 Å². The quantitative estimate of drug-likeness (QED) is 0.362. The molecule has 1 saturated heterocycles. The molecule has 10 heavy (non-hydrogen) atoms. The maximum absolute atomic E-state index is 12.4. The third-order valence-corrected chi connectivity index (χ3v) is 1.94. The van der Waals surface area contributed by atoms with Gasteiger partial charge < -0.3 is 4.90 Å². The van der Waals surface area contributed by atoms with Gasteiger partial charge in [0.25, 0.3) is 0 Å². The van der Waals surface area contributed by atoms with Gasteiger partial charge >= 0.3 is 26.2 Å². The zero-order valence-electron chi connectivity index (χ0n) is 5.59. The standard InChI is InChI=1S/C5H8FNS2.Bi.3H/c6-4-1-2-7(3-4)5(8)9;;;;/h4H,1-3H2,(H,8,9);;;;/t4-;;;;/m0..../s1. The van der Waals surface area contributed by atoms with Crippen LogP contribution in [0.15, 0.2) is 0 Å². The molecule has 1 heterocycles. The Kier molecular flexibility index (Phi) is 5.35. The van der Waals surface area contributed by atoms with Crippen molar-refractivity contribution in [3.05, 3.63) is 0 Å². The van der Waals surface area contributed by atoms with Crippen molar-refractivity contribution in [2.75, 3.05) is 13.1 Å². The molecule has 0 aliphatic carbocycles. The van der Waals surface area contributed by atoms with E-state index >= 15 is 0 Å². The van der Waals surface area contributed by atoms with Gasteiger partial charge in [0.15, 0.2) is 0 Å². The van der Waals surface area contributed by atoms with Crippen LogP contribution >= 0.6 is 24.8 Å². The van der Waals surface area contributed by atoms with Crippen molar-refractivity contribution >= 4 is 55.4 Å². The summed E-state index contributed by atoms with van der Waals surface area (Å²) >= 11 is 8.66. The predicted molar refractivity (Wildman–Crippen MR) is 52.6 cm³/mol. The summed E-state index contributed by atoms with van der Waals surface area (Å²) in [6.45, 7) is 1.16. The molecule has 0 N–H and O–H groups in total. The van der Waals surface area contributed by atoms with Crippen LogP contribution in [0, 0.1) is 0 Å².